The highest BCUT2D eigenvalue weighted by Crippen LogP contribution is 2.34. The third-order valence-electron chi connectivity index (χ3n) is 3.76. The maximum atomic E-state index is 13.9. The van der Waals surface area contributed by atoms with E-state index in [9.17, 15) is 13.6 Å². The molecule has 0 amide bonds. The Bertz CT molecular complexity index is 762. The number of carbonyl (C=O) groups is 1. The van der Waals surface area contributed by atoms with Crippen molar-refractivity contribution >= 4 is 18.2 Å². The third kappa shape index (κ3) is 2.37. The van der Waals surface area contributed by atoms with Crippen molar-refractivity contribution in [3.05, 3.63) is 51.6 Å². The number of carboxylic acids is 1. The van der Waals surface area contributed by atoms with Crippen LogP contribution >= 0.6 is 12.2 Å². The second kappa shape index (κ2) is 5.07. The van der Waals surface area contributed by atoms with Crippen molar-refractivity contribution in [2.24, 2.45) is 0 Å². The van der Waals surface area contributed by atoms with Gasteiger partial charge in [-0.2, -0.15) is 0 Å². The third-order valence-corrected chi connectivity index (χ3v) is 4.08. The predicted molar refractivity (Wildman–Crippen MR) is 73.8 cm³/mol. The molecule has 2 heterocycles. The van der Waals surface area contributed by atoms with E-state index in [-0.39, 0.29) is 17.9 Å². The number of hydrogen-bond acceptors (Lipinski definition) is 2. The van der Waals surface area contributed by atoms with Crippen LogP contribution in [0.15, 0.2) is 18.2 Å². The molecular weight excluding hydrogens is 298 g/mol. The van der Waals surface area contributed by atoms with E-state index in [2.05, 4.69) is 4.98 Å². The number of hydrogen-bond donors (Lipinski definition) is 2. The van der Waals surface area contributed by atoms with Gasteiger partial charge >= 0.3 is 5.97 Å². The van der Waals surface area contributed by atoms with Crippen LogP contribution in [0, 0.1) is 16.4 Å². The first-order valence-electron chi connectivity index (χ1n) is 6.43. The molecule has 1 aromatic heterocycles. The molecule has 1 aromatic carbocycles. The van der Waals surface area contributed by atoms with Crippen LogP contribution in [0.3, 0.4) is 0 Å². The van der Waals surface area contributed by atoms with E-state index < -0.39 is 17.6 Å². The lowest BCUT2D eigenvalue weighted by molar-refractivity contribution is -0.136. The van der Waals surface area contributed by atoms with Gasteiger partial charge in [-0.25, -0.2) is 8.78 Å². The zero-order valence-corrected chi connectivity index (χ0v) is 11.7. The predicted octanol–water partition coefficient (Wildman–Crippen LogP) is 2.79. The number of nitrogens with zero attached hydrogens (tertiary/aromatic N) is 1. The summed E-state index contributed by atoms with van der Waals surface area (Å²) in [6, 6.07) is 3.78. The van der Waals surface area contributed by atoms with Crippen molar-refractivity contribution in [2.75, 3.05) is 0 Å². The molecule has 21 heavy (non-hydrogen) atoms. The Labute approximate surface area is 124 Å². The normalized spacial score (nSPS) is 17.0. The second-order valence-electron chi connectivity index (χ2n) is 5.07. The molecule has 0 saturated heterocycles. The summed E-state index contributed by atoms with van der Waals surface area (Å²) in [5, 5.41) is 8.90. The van der Waals surface area contributed by atoms with Gasteiger partial charge in [0.15, 0.2) is 4.77 Å². The molecule has 3 rings (SSSR count). The fourth-order valence-electron chi connectivity index (χ4n) is 2.89. The van der Waals surface area contributed by atoms with Crippen molar-refractivity contribution in [3.8, 4) is 0 Å². The lowest BCUT2D eigenvalue weighted by Gasteiger charge is -2.11. The quantitative estimate of drug-likeness (QED) is 0.857. The van der Waals surface area contributed by atoms with Crippen LogP contribution in [0.2, 0.25) is 0 Å². The second-order valence-corrected chi connectivity index (χ2v) is 5.46. The van der Waals surface area contributed by atoms with Gasteiger partial charge in [0.25, 0.3) is 0 Å². The molecule has 0 fully saturated rings. The SMILES string of the molecule is O=C(O)Cc1[nH]c(=S)n2c1C[C@H](c1c(F)cccc1F)C2. The highest BCUT2D eigenvalue weighted by Gasteiger charge is 2.30. The van der Waals surface area contributed by atoms with Crippen molar-refractivity contribution in [3.63, 3.8) is 0 Å². The first-order chi connectivity index (χ1) is 9.97. The number of fused-ring (bicyclic) bond motifs is 1. The van der Waals surface area contributed by atoms with Gasteiger partial charge in [0.2, 0.25) is 0 Å². The Morgan fingerprint density at radius 3 is 2.71 bits per heavy atom. The molecular formula is C14H12F2N2O2S. The Kier molecular flexibility index (Phi) is 3.36. The van der Waals surface area contributed by atoms with Crippen molar-refractivity contribution < 1.29 is 18.7 Å². The van der Waals surface area contributed by atoms with E-state index >= 15 is 0 Å². The van der Waals surface area contributed by atoms with Gasteiger partial charge in [-0.15, -0.1) is 0 Å². The van der Waals surface area contributed by atoms with Crippen LogP contribution in [0.1, 0.15) is 22.9 Å². The average Bonchev–Trinajstić information content (AvgIpc) is 2.92. The van der Waals surface area contributed by atoms with E-state index in [1.165, 1.54) is 18.2 Å². The first kappa shape index (κ1) is 13.9. The zero-order chi connectivity index (χ0) is 15.1. The number of aliphatic carboxylic acids is 1. The number of imidazole rings is 1. The van der Waals surface area contributed by atoms with E-state index in [0.717, 1.165) is 5.69 Å². The van der Waals surface area contributed by atoms with Crippen LogP contribution in [-0.2, 0) is 24.2 Å². The molecule has 2 N–H and O–H groups in total. The minimum Gasteiger partial charge on any atom is -0.481 e. The fourth-order valence-corrected chi connectivity index (χ4v) is 3.20. The maximum Gasteiger partial charge on any atom is 0.309 e. The highest BCUT2D eigenvalue weighted by atomic mass is 32.1. The van der Waals surface area contributed by atoms with Gasteiger partial charge in [-0.3, -0.25) is 4.79 Å². The lowest BCUT2D eigenvalue weighted by Crippen LogP contribution is -2.08. The summed E-state index contributed by atoms with van der Waals surface area (Å²) < 4.78 is 29.8. The summed E-state index contributed by atoms with van der Waals surface area (Å²) in [6.07, 6.45) is 0.187. The molecule has 110 valence electrons. The summed E-state index contributed by atoms with van der Waals surface area (Å²) in [5.74, 6) is -2.51. The van der Waals surface area contributed by atoms with Gasteiger partial charge in [0, 0.05) is 29.4 Å². The molecule has 7 heteroatoms. The van der Waals surface area contributed by atoms with Crippen molar-refractivity contribution in [1.29, 1.82) is 0 Å². The summed E-state index contributed by atoms with van der Waals surface area (Å²) in [7, 11) is 0. The van der Waals surface area contributed by atoms with Gasteiger partial charge in [0.1, 0.15) is 11.6 Å². The molecule has 0 aliphatic carbocycles. The minimum absolute atomic E-state index is 0.0388. The van der Waals surface area contributed by atoms with Gasteiger partial charge in [-0.1, -0.05) is 6.07 Å². The minimum atomic E-state index is -0.977. The Morgan fingerprint density at radius 1 is 1.43 bits per heavy atom. The van der Waals surface area contributed by atoms with Crippen LogP contribution < -0.4 is 0 Å². The van der Waals surface area contributed by atoms with Gasteiger partial charge < -0.3 is 14.7 Å². The number of aromatic amines is 1. The summed E-state index contributed by atoms with van der Waals surface area (Å²) in [5.41, 5.74) is 1.26. The molecule has 1 atom stereocenters. The molecule has 0 saturated carbocycles. The van der Waals surface area contributed by atoms with Crippen LogP contribution in [0.5, 0.6) is 0 Å². The molecule has 0 spiro atoms. The highest BCUT2D eigenvalue weighted by molar-refractivity contribution is 7.71. The molecule has 0 bridgehead atoms. The number of nitrogens with one attached hydrogen (secondary N) is 1. The molecule has 4 nitrogen and oxygen atoms in total. The van der Waals surface area contributed by atoms with Crippen LogP contribution in [0.25, 0.3) is 0 Å². The number of H-pyrrole nitrogens is 1. The molecule has 0 radical (unpaired) electrons. The van der Waals surface area contributed by atoms with E-state index in [4.69, 9.17) is 17.3 Å². The lowest BCUT2D eigenvalue weighted by atomic mass is 9.95. The number of halogens is 2. The molecule has 2 aromatic rings. The monoisotopic (exact) mass is 310 g/mol. The largest absolute Gasteiger partial charge is 0.481 e. The molecule has 0 unspecified atom stereocenters. The van der Waals surface area contributed by atoms with Gasteiger partial charge in [-0.05, 0) is 30.8 Å². The number of benzene rings is 1. The van der Waals surface area contributed by atoms with Crippen molar-refractivity contribution in [2.45, 2.75) is 25.3 Å². The van der Waals surface area contributed by atoms with E-state index in [1.807, 2.05) is 0 Å². The smallest absolute Gasteiger partial charge is 0.309 e. The zero-order valence-electron chi connectivity index (χ0n) is 10.9. The summed E-state index contributed by atoms with van der Waals surface area (Å²) in [6.45, 7) is 0.349. The topological polar surface area (TPSA) is 58.0 Å². The number of carboxylic acid groups (broad SMARTS) is 1. The van der Waals surface area contributed by atoms with Crippen molar-refractivity contribution in [1.82, 2.24) is 9.55 Å². The number of aromatic nitrogens is 2. The standard InChI is InChI=1S/C14H12F2N2O2S/c15-8-2-1-3-9(16)13(8)7-4-11-10(5-12(19)20)17-14(21)18(11)6-7/h1-3,7H,4-6H2,(H,17,21)(H,19,20)/t7-/m0/s1. The first-order valence-corrected chi connectivity index (χ1v) is 6.84. The fraction of sp³-hybridized carbons (Fsp3) is 0.286. The van der Waals surface area contributed by atoms with Crippen LogP contribution in [-0.4, -0.2) is 20.6 Å². The van der Waals surface area contributed by atoms with Gasteiger partial charge in [0.05, 0.1) is 6.42 Å². The average molecular weight is 310 g/mol. The summed E-state index contributed by atoms with van der Waals surface area (Å²) >= 11 is 5.15. The number of rotatable bonds is 3. The maximum absolute atomic E-state index is 13.9. The van der Waals surface area contributed by atoms with E-state index in [1.54, 1.807) is 4.57 Å². The Balaban J connectivity index is 1.98. The molecule has 1 aliphatic heterocycles. The Morgan fingerprint density at radius 2 is 2.10 bits per heavy atom. The van der Waals surface area contributed by atoms with Crippen LogP contribution in [0.4, 0.5) is 8.78 Å². The summed E-state index contributed by atoms with van der Waals surface area (Å²) in [4.78, 5) is 13.7. The van der Waals surface area contributed by atoms with E-state index in [0.29, 0.717) is 23.4 Å². The Hall–Kier alpha value is -2.02. The molecule has 1 aliphatic rings.